The lowest BCUT2D eigenvalue weighted by Crippen LogP contribution is -2.47. The maximum Gasteiger partial charge on any atom is 0.407 e. The van der Waals surface area contributed by atoms with E-state index in [-0.39, 0.29) is 11.6 Å². The molecule has 2 heterocycles. The minimum absolute atomic E-state index is 0.0331. The van der Waals surface area contributed by atoms with Crippen molar-refractivity contribution in [2.24, 2.45) is 0 Å². The van der Waals surface area contributed by atoms with Gasteiger partial charge in [-0.1, -0.05) is 11.6 Å². The largest absolute Gasteiger partial charge is 0.444 e. The summed E-state index contributed by atoms with van der Waals surface area (Å²) in [7, 11) is 0. The molecule has 0 atom stereocenters. The summed E-state index contributed by atoms with van der Waals surface area (Å²) < 4.78 is 5.24. The number of hydrogen-bond donors (Lipinski definition) is 2. The van der Waals surface area contributed by atoms with Gasteiger partial charge >= 0.3 is 6.09 Å². The van der Waals surface area contributed by atoms with Gasteiger partial charge in [0.25, 0.3) is 5.56 Å². The number of carbonyl (C=O) groups is 1. The second-order valence-electron chi connectivity index (χ2n) is 6.30. The number of nitrogens with zero attached hydrogens (tertiary/aromatic N) is 2. The number of anilines is 1. The number of nitrogens with one attached hydrogen (secondary N) is 2. The number of aromatic amines is 1. The number of carbonyl (C=O) groups excluding carboxylic acids is 1. The Bertz CT molecular complexity index is 588. The van der Waals surface area contributed by atoms with E-state index in [0.29, 0.717) is 23.8 Å². The summed E-state index contributed by atoms with van der Waals surface area (Å²) in [5.74, 6) is 0. The minimum Gasteiger partial charge on any atom is -0.444 e. The molecule has 7 nitrogen and oxygen atoms in total. The highest BCUT2D eigenvalue weighted by atomic mass is 35.5. The van der Waals surface area contributed by atoms with Gasteiger partial charge in [0.1, 0.15) is 11.3 Å². The molecule has 1 amide bonds. The molecule has 1 aromatic rings. The fourth-order valence-corrected chi connectivity index (χ4v) is 2.64. The van der Waals surface area contributed by atoms with E-state index < -0.39 is 11.7 Å². The van der Waals surface area contributed by atoms with E-state index in [9.17, 15) is 9.59 Å². The number of ether oxygens (including phenoxy) is 1. The highest BCUT2D eigenvalue weighted by Crippen LogP contribution is 2.23. The number of hydrogen-bond acceptors (Lipinski definition) is 5. The number of H-pyrrole nitrogens is 1. The molecule has 0 saturated carbocycles. The third-order valence-corrected chi connectivity index (χ3v) is 3.59. The van der Waals surface area contributed by atoms with E-state index in [1.54, 1.807) is 0 Å². The van der Waals surface area contributed by atoms with Crippen LogP contribution >= 0.6 is 11.6 Å². The maximum atomic E-state index is 11.8. The van der Waals surface area contributed by atoms with Crippen molar-refractivity contribution in [3.8, 4) is 0 Å². The van der Waals surface area contributed by atoms with E-state index in [1.807, 2.05) is 25.7 Å². The van der Waals surface area contributed by atoms with Crippen molar-refractivity contribution < 1.29 is 9.53 Å². The predicted molar refractivity (Wildman–Crippen MR) is 84.5 cm³/mol. The van der Waals surface area contributed by atoms with Gasteiger partial charge in [0.2, 0.25) is 0 Å². The summed E-state index contributed by atoms with van der Waals surface area (Å²) >= 11 is 6.04. The Morgan fingerprint density at radius 3 is 2.64 bits per heavy atom. The summed E-state index contributed by atoms with van der Waals surface area (Å²) in [6.07, 6.45) is 2.45. The molecule has 1 aromatic heterocycles. The van der Waals surface area contributed by atoms with E-state index in [2.05, 4.69) is 15.5 Å². The third-order valence-electron chi connectivity index (χ3n) is 3.32. The van der Waals surface area contributed by atoms with E-state index in [0.717, 1.165) is 12.8 Å². The summed E-state index contributed by atoms with van der Waals surface area (Å²) in [4.78, 5) is 25.5. The summed E-state index contributed by atoms with van der Waals surface area (Å²) in [5.41, 5.74) is -0.374. The van der Waals surface area contributed by atoms with Gasteiger partial charge in [-0.15, -0.1) is 0 Å². The molecule has 0 bridgehead atoms. The highest BCUT2D eigenvalue weighted by molar-refractivity contribution is 6.33. The SMILES string of the molecule is CC(C)(C)OC(=O)NC1CCN(c2c(Cl)cn[nH]c2=O)CC1. The first-order valence-corrected chi connectivity index (χ1v) is 7.62. The topological polar surface area (TPSA) is 87.3 Å². The lowest BCUT2D eigenvalue weighted by Gasteiger charge is -2.33. The number of piperidine rings is 1. The molecule has 1 aliphatic rings. The van der Waals surface area contributed by atoms with Crippen LogP contribution in [0.4, 0.5) is 10.5 Å². The van der Waals surface area contributed by atoms with Crippen LogP contribution in [0, 0.1) is 0 Å². The molecule has 8 heteroatoms. The van der Waals surface area contributed by atoms with Crippen LogP contribution < -0.4 is 15.8 Å². The minimum atomic E-state index is -0.511. The first kappa shape index (κ1) is 16.6. The average molecular weight is 329 g/mol. The highest BCUT2D eigenvalue weighted by Gasteiger charge is 2.25. The Kier molecular flexibility index (Phi) is 4.95. The zero-order valence-corrected chi connectivity index (χ0v) is 13.7. The lowest BCUT2D eigenvalue weighted by molar-refractivity contribution is 0.0497. The Hall–Kier alpha value is -1.76. The third kappa shape index (κ3) is 4.37. The zero-order chi connectivity index (χ0) is 16.3. The smallest absolute Gasteiger partial charge is 0.407 e. The molecule has 1 fully saturated rings. The number of alkyl carbamates (subject to hydrolysis) is 1. The van der Waals surface area contributed by atoms with Gasteiger partial charge in [-0.3, -0.25) is 4.79 Å². The maximum absolute atomic E-state index is 11.8. The van der Waals surface area contributed by atoms with Crippen LogP contribution in [0.15, 0.2) is 11.0 Å². The molecular weight excluding hydrogens is 308 g/mol. The molecule has 0 aromatic carbocycles. The number of amides is 1. The zero-order valence-electron chi connectivity index (χ0n) is 13.0. The van der Waals surface area contributed by atoms with Crippen LogP contribution in [0.25, 0.3) is 0 Å². The lowest BCUT2D eigenvalue weighted by atomic mass is 10.0. The van der Waals surface area contributed by atoms with Crippen LogP contribution in [-0.4, -0.2) is 41.0 Å². The molecule has 0 aliphatic carbocycles. The molecule has 2 N–H and O–H groups in total. The van der Waals surface area contributed by atoms with Gasteiger partial charge in [0.05, 0.1) is 11.2 Å². The van der Waals surface area contributed by atoms with Crippen molar-refractivity contribution in [2.45, 2.75) is 45.3 Å². The fraction of sp³-hybridized carbons (Fsp3) is 0.643. The van der Waals surface area contributed by atoms with E-state index in [4.69, 9.17) is 16.3 Å². The van der Waals surface area contributed by atoms with Crippen LogP contribution in [0.5, 0.6) is 0 Å². The molecule has 1 saturated heterocycles. The van der Waals surface area contributed by atoms with E-state index >= 15 is 0 Å². The van der Waals surface area contributed by atoms with Gasteiger partial charge in [0, 0.05) is 19.1 Å². The number of aromatic nitrogens is 2. The molecule has 0 unspecified atom stereocenters. The molecule has 122 valence electrons. The van der Waals surface area contributed by atoms with Crippen molar-refractivity contribution in [1.29, 1.82) is 0 Å². The predicted octanol–water partition coefficient (Wildman–Crippen LogP) is 1.92. The van der Waals surface area contributed by atoms with Crippen LogP contribution in [0.2, 0.25) is 5.02 Å². The Morgan fingerprint density at radius 2 is 2.09 bits per heavy atom. The number of rotatable bonds is 2. The van der Waals surface area contributed by atoms with Crippen molar-refractivity contribution in [2.75, 3.05) is 18.0 Å². The van der Waals surface area contributed by atoms with Gasteiger partial charge in [-0.25, -0.2) is 9.89 Å². The summed E-state index contributed by atoms with van der Waals surface area (Å²) in [6, 6.07) is 0.0331. The van der Waals surface area contributed by atoms with Crippen LogP contribution in [0.3, 0.4) is 0 Å². The van der Waals surface area contributed by atoms with E-state index in [1.165, 1.54) is 6.20 Å². The number of halogens is 1. The van der Waals surface area contributed by atoms with Crippen molar-refractivity contribution in [3.05, 3.63) is 21.6 Å². The first-order chi connectivity index (χ1) is 10.3. The van der Waals surface area contributed by atoms with Gasteiger partial charge in [-0.2, -0.15) is 5.10 Å². The molecule has 22 heavy (non-hydrogen) atoms. The molecule has 2 rings (SSSR count). The van der Waals surface area contributed by atoms with Gasteiger partial charge in [0.15, 0.2) is 0 Å². The Labute approximate surface area is 134 Å². The molecule has 0 spiro atoms. The first-order valence-electron chi connectivity index (χ1n) is 7.24. The van der Waals surface area contributed by atoms with Gasteiger partial charge in [-0.05, 0) is 33.6 Å². The van der Waals surface area contributed by atoms with Crippen LogP contribution in [-0.2, 0) is 4.74 Å². The average Bonchev–Trinajstić information content (AvgIpc) is 2.38. The summed E-state index contributed by atoms with van der Waals surface area (Å²) in [5, 5.41) is 9.24. The van der Waals surface area contributed by atoms with Crippen LogP contribution in [0.1, 0.15) is 33.6 Å². The Morgan fingerprint density at radius 1 is 1.45 bits per heavy atom. The molecular formula is C14H21ClN4O3. The second kappa shape index (κ2) is 6.56. The van der Waals surface area contributed by atoms with Crippen molar-refractivity contribution in [3.63, 3.8) is 0 Å². The molecule has 0 radical (unpaired) electrons. The van der Waals surface area contributed by atoms with Gasteiger partial charge < -0.3 is 15.0 Å². The second-order valence-corrected chi connectivity index (χ2v) is 6.71. The fourth-order valence-electron chi connectivity index (χ4n) is 2.39. The standard InChI is InChI=1S/C14H21ClN4O3/c1-14(2,3)22-13(21)17-9-4-6-19(7-5-9)11-10(15)8-16-18-12(11)20/h8-9H,4-7H2,1-3H3,(H,17,21)(H,18,20). The Balaban J connectivity index is 1.91. The monoisotopic (exact) mass is 328 g/mol. The quantitative estimate of drug-likeness (QED) is 0.866. The van der Waals surface area contributed by atoms with Crippen molar-refractivity contribution >= 4 is 23.4 Å². The normalized spacial score (nSPS) is 16.5. The molecule has 1 aliphatic heterocycles. The van der Waals surface area contributed by atoms with Crippen molar-refractivity contribution in [1.82, 2.24) is 15.5 Å². The summed E-state index contributed by atoms with van der Waals surface area (Å²) in [6.45, 7) is 6.74.